The van der Waals surface area contributed by atoms with Crippen molar-refractivity contribution in [3.8, 4) is 10.4 Å². The Morgan fingerprint density at radius 3 is 2.44 bits per heavy atom. The summed E-state index contributed by atoms with van der Waals surface area (Å²) in [5.41, 5.74) is 7.09. The molecule has 2 rings (SSSR count). The first kappa shape index (κ1) is 10.8. The first-order chi connectivity index (χ1) is 7.58. The molecule has 4 heteroatoms. The van der Waals surface area contributed by atoms with Gasteiger partial charge in [-0.15, -0.1) is 11.3 Å². The molecule has 2 nitrogen and oxygen atoms in total. The molecule has 1 amide bonds. The van der Waals surface area contributed by atoms with E-state index in [0.717, 1.165) is 16.0 Å². The van der Waals surface area contributed by atoms with E-state index >= 15 is 0 Å². The lowest BCUT2D eigenvalue weighted by molar-refractivity contribution is 0.100. The second-order valence-electron chi connectivity index (χ2n) is 3.49. The van der Waals surface area contributed by atoms with Crippen LogP contribution in [0, 0.1) is 12.7 Å². The lowest BCUT2D eigenvalue weighted by atomic mass is 10.1. The Kier molecular flexibility index (Phi) is 2.75. The zero-order valence-corrected chi connectivity index (χ0v) is 9.48. The number of primary amides is 1. The molecule has 0 aliphatic carbocycles. The lowest BCUT2D eigenvalue weighted by Gasteiger charge is -1.98. The molecule has 0 saturated carbocycles. The van der Waals surface area contributed by atoms with Crippen molar-refractivity contribution in [3.05, 3.63) is 46.6 Å². The standard InChI is InChI=1S/C12H10FNOS/c1-7-6-10(12(14)15)16-11(7)8-2-4-9(13)5-3-8/h2-6H,1H3,(H2,14,15). The molecule has 0 fully saturated rings. The smallest absolute Gasteiger partial charge is 0.258 e. The van der Waals surface area contributed by atoms with Crippen LogP contribution in [0.1, 0.15) is 15.2 Å². The Morgan fingerprint density at radius 2 is 1.94 bits per heavy atom. The van der Waals surface area contributed by atoms with E-state index in [1.54, 1.807) is 18.2 Å². The van der Waals surface area contributed by atoms with Crippen molar-refractivity contribution in [2.75, 3.05) is 0 Å². The first-order valence-corrected chi connectivity index (χ1v) is 5.56. The summed E-state index contributed by atoms with van der Waals surface area (Å²) in [4.78, 5) is 12.5. The van der Waals surface area contributed by atoms with Crippen molar-refractivity contribution in [1.82, 2.24) is 0 Å². The molecule has 2 aromatic rings. The van der Waals surface area contributed by atoms with Crippen LogP contribution < -0.4 is 5.73 Å². The fraction of sp³-hybridized carbons (Fsp3) is 0.0833. The molecule has 16 heavy (non-hydrogen) atoms. The topological polar surface area (TPSA) is 43.1 Å². The van der Waals surface area contributed by atoms with Gasteiger partial charge in [-0.3, -0.25) is 4.79 Å². The van der Waals surface area contributed by atoms with Gasteiger partial charge in [-0.2, -0.15) is 0 Å². The molecule has 1 aromatic heterocycles. The highest BCUT2D eigenvalue weighted by Gasteiger charge is 2.10. The van der Waals surface area contributed by atoms with Crippen LogP contribution >= 0.6 is 11.3 Å². The highest BCUT2D eigenvalue weighted by molar-refractivity contribution is 7.17. The van der Waals surface area contributed by atoms with E-state index < -0.39 is 5.91 Å². The Balaban J connectivity index is 2.47. The normalized spacial score (nSPS) is 10.4. The van der Waals surface area contributed by atoms with Crippen LogP contribution in [0.3, 0.4) is 0 Å². The Morgan fingerprint density at radius 1 is 1.31 bits per heavy atom. The van der Waals surface area contributed by atoms with Gasteiger partial charge in [0.05, 0.1) is 4.88 Å². The van der Waals surface area contributed by atoms with Gasteiger partial charge in [0.25, 0.3) is 5.91 Å². The quantitative estimate of drug-likeness (QED) is 0.854. The Labute approximate surface area is 96.5 Å². The lowest BCUT2D eigenvalue weighted by Crippen LogP contribution is -2.08. The van der Waals surface area contributed by atoms with Crippen molar-refractivity contribution in [1.29, 1.82) is 0 Å². The second kappa shape index (κ2) is 4.06. The number of halogens is 1. The molecule has 0 unspecified atom stereocenters. The van der Waals surface area contributed by atoms with E-state index in [9.17, 15) is 9.18 Å². The third kappa shape index (κ3) is 1.97. The molecule has 0 atom stereocenters. The molecule has 1 aromatic carbocycles. The maximum Gasteiger partial charge on any atom is 0.258 e. The molecule has 0 bridgehead atoms. The fourth-order valence-corrected chi connectivity index (χ4v) is 2.52. The third-order valence-electron chi connectivity index (χ3n) is 2.27. The number of carbonyl (C=O) groups is 1. The highest BCUT2D eigenvalue weighted by Crippen LogP contribution is 2.32. The number of rotatable bonds is 2. The minimum atomic E-state index is -0.429. The SMILES string of the molecule is Cc1cc(C(N)=O)sc1-c1ccc(F)cc1. The number of nitrogens with two attached hydrogens (primary N) is 1. The number of aryl methyl sites for hydroxylation is 1. The van der Waals surface area contributed by atoms with Crippen LogP contribution in [0.25, 0.3) is 10.4 Å². The zero-order chi connectivity index (χ0) is 11.7. The van der Waals surface area contributed by atoms with Gasteiger partial charge in [0.1, 0.15) is 5.82 Å². The molecule has 0 radical (unpaired) electrons. The van der Waals surface area contributed by atoms with Gasteiger partial charge >= 0.3 is 0 Å². The van der Waals surface area contributed by atoms with Gasteiger partial charge in [-0.1, -0.05) is 12.1 Å². The van der Waals surface area contributed by atoms with Crippen molar-refractivity contribution in [3.63, 3.8) is 0 Å². The summed E-state index contributed by atoms with van der Waals surface area (Å²) in [5, 5.41) is 0. The van der Waals surface area contributed by atoms with Gasteiger partial charge in [0, 0.05) is 4.88 Å². The number of benzene rings is 1. The molecule has 0 saturated heterocycles. The van der Waals surface area contributed by atoms with Gasteiger partial charge in [-0.05, 0) is 36.2 Å². The van der Waals surface area contributed by atoms with Crippen molar-refractivity contribution in [2.45, 2.75) is 6.92 Å². The van der Waals surface area contributed by atoms with Crippen LogP contribution in [0.15, 0.2) is 30.3 Å². The van der Waals surface area contributed by atoms with Crippen molar-refractivity contribution < 1.29 is 9.18 Å². The van der Waals surface area contributed by atoms with Gasteiger partial charge in [-0.25, -0.2) is 4.39 Å². The van der Waals surface area contributed by atoms with Gasteiger partial charge < -0.3 is 5.73 Å². The molecule has 0 spiro atoms. The number of hydrogen-bond donors (Lipinski definition) is 1. The van der Waals surface area contributed by atoms with E-state index in [0.29, 0.717) is 4.88 Å². The minimum absolute atomic E-state index is 0.270. The summed E-state index contributed by atoms with van der Waals surface area (Å²) < 4.78 is 12.8. The zero-order valence-electron chi connectivity index (χ0n) is 8.66. The third-order valence-corrected chi connectivity index (χ3v) is 3.57. The summed E-state index contributed by atoms with van der Waals surface area (Å²) in [6, 6.07) is 7.94. The largest absolute Gasteiger partial charge is 0.365 e. The average molecular weight is 235 g/mol. The Hall–Kier alpha value is -1.68. The van der Waals surface area contributed by atoms with Crippen LogP contribution in [0.4, 0.5) is 4.39 Å². The van der Waals surface area contributed by atoms with Crippen molar-refractivity contribution >= 4 is 17.2 Å². The van der Waals surface area contributed by atoms with Crippen LogP contribution in [-0.4, -0.2) is 5.91 Å². The summed E-state index contributed by atoms with van der Waals surface area (Å²) >= 11 is 1.33. The van der Waals surface area contributed by atoms with E-state index in [2.05, 4.69) is 0 Å². The van der Waals surface area contributed by atoms with Gasteiger partial charge in [0.2, 0.25) is 0 Å². The van der Waals surface area contributed by atoms with Gasteiger partial charge in [0.15, 0.2) is 0 Å². The summed E-state index contributed by atoms with van der Waals surface area (Å²) in [6.45, 7) is 1.90. The predicted octanol–water partition coefficient (Wildman–Crippen LogP) is 2.96. The van der Waals surface area contributed by atoms with E-state index in [-0.39, 0.29) is 5.82 Å². The average Bonchev–Trinajstić information content (AvgIpc) is 2.62. The van der Waals surface area contributed by atoms with Crippen molar-refractivity contribution in [2.24, 2.45) is 5.73 Å². The van der Waals surface area contributed by atoms with E-state index in [4.69, 9.17) is 5.73 Å². The second-order valence-corrected chi connectivity index (χ2v) is 4.55. The maximum absolute atomic E-state index is 12.8. The summed E-state index contributed by atoms with van der Waals surface area (Å²) in [5.74, 6) is -0.699. The number of carbonyl (C=O) groups excluding carboxylic acids is 1. The molecule has 2 N–H and O–H groups in total. The molecule has 0 aliphatic heterocycles. The summed E-state index contributed by atoms with van der Waals surface area (Å²) in [7, 11) is 0. The molecule has 82 valence electrons. The van der Waals surface area contributed by atoms with Crippen LogP contribution in [0.5, 0.6) is 0 Å². The molecular weight excluding hydrogens is 225 g/mol. The molecular formula is C12H10FNOS. The fourth-order valence-electron chi connectivity index (χ4n) is 1.49. The molecule has 1 heterocycles. The summed E-state index contributed by atoms with van der Waals surface area (Å²) in [6.07, 6.45) is 0. The number of thiophene rings is 1. The van der Waals surface area contributed by atoms with Crippen LogP contribution in [0.2, 0.25) is 0 Å². The first-order valence-electron chi connectivity index (χ1n) is 4.74. The highest BCUT2D eigenvalue weighted by atomic mass is 32.1. The maximum atomic E-state index is 12.8. The van der Waals surface area contributed by atoms with E-state index in [1.807, 2.05) is 6.92 Å². The predicted molar refractivity (Wildman–Crippen MR) is 63.0 cm³/mol. The van der Waals surface area contributed by atoms with Crippen LogP contribution in [-0.2, 0) is 0 Å². The molecule has 0 aliphatic rings. The Bertz CT molecular complexity index is 530. The van der Waals surface area contributed by atoms with E-state index in [1.165, 1.54) is 23.5 Å². The number of amides is 1. The number of hydrogen-bond acceptors (Lipinski definition) is 2. The monoisotopic (exact) mass is 235 g/mol. The minimum Gasteiger partial charge on any atom is -0.365 e.